The highest BCUT2D eigenvalue weighted by Crippen LogP contribution is 2.15. The molecule has 132 valence electrons. The minimum Gasteiger partial charge on any atom is -0.357 e. The number of halogens is 1. The summed E-state index contributed by atoms with van der Waals surface area (Å²) < 4.78 is 2.02. The Hall–Kier alpha value is -1.57. The van der Waals surface area contributed by atoms with E-state index in [0.717, 1.165) is 18.2 Å². The molecule has 0 aliphatic rings. The number of nitrogens with one attached hydrogen (secondary N) is 2. The van der Waals surface area contributed by atoms with Crippen LogP contribution in [0.2, 0.25) is 0 Å². The van der Waals surface area contributed by atoms with Crippen LogP contribution in [-0.4, -0.2) is 28.1 Å². The van der Waals surface area contributed by atoms with Gasteiger partial charge in [0, 0.05) is 25.0 Å². The van der Waals surface area contributed by atoms with Gasteiger partial charge >= 0.3 is 0 Å². The molecular weight excluding hydrogens is 413 g/mol. The number of aliphatic imine (C=N–C) groups is 1. The first-order valence-electron chi connectivity index (χ1n) is 8.23. The normalized spacial score (nSPS) is 12.6. The molecule has 0 saturated heterocycles. The van der Waals surface area contributed by atoms with Gasteiger partial charge in [0.1, 0.15) is 0 Å². The van der Waals surface area contributed by atoms with Crippen LogP contribution in [0.3, 0.4) is 0 Å². The van der Waals surface area contributed by atoms with Crippen LogP contribution in [0, 0.1) is 5.92 Å². The second-order valence-corrected chi connectivity index (χ2v) is 5.97. The van der Waals surface area contributed by atoms with Crippen LogP contribution >= 0.6 is 24.0 Å². The zero-order valence-electron chi connectivity index (χ0n) is 14.9. The van der Waals surface area contributed by atoms with Crippen molar-refractivity contribution in [3.05, 3.63) is 48.5 Å². The number of guanidine groups is 1. The molecule has 5 nitrogen and oxygen atoms in total. The minimum atomic E-state index is 0. The molecule has 2 N–H and O–H groups in total. The van der Waals surface area contributed by atoms with Gasteiger partial charge in [-0.05, 0) is 31.4 Å². The van der Waals surface area contributed by atoms with Crippen molar-refractivity contribution in [2.24, 2.45) is 10.9 Å². The molecule has 1 aromatic carbocycles. The van der Waals surface area contributed by atoms with E-state index in [1.54, 1.807) is 6.20 Å². The summed E-state index contributed by atoms with van der Waals surface area (Å²) in [5, 5.41) is 6.77. The Morgan fingerprint density at radius 1 is 1.25 bits per heavy atom. The maximum absolute atomic E-state index is 4.74. The monoisotopic (exact) mass is 441 g/mol. The van der Waals surface area contributed by atoms with Crippen LogP contribution in [-0.2, 0) is 6.54 Å². The molecule has 0 aliphatic heterocycles. The van der Waals surface area contributed by atoms with Crippen LogP contribution in [0.25, 0.3) is 5.69 Å². The lowest BCUT2D eigenvalue weighted by atomic mass is 10.1. The van der Waals surface area contributed by atoms with Gasteiger partial charge in [-0.15, -0.1) is 24.0 Å². The van der Waals surface area contributed by atoms with Crippen molar-refractivity contribution in [1.82, 2.24) is 20.2 Å². The number of aromatic nitrogens is 2. The van der Waals surface area contributed by atoms with E-state index in [0.29, 0.717) is 18.5 Å². The SMILES string of the molecule is CCNC(=NCc1ccccc1-n1ccnc1)NC(C)C(C)C.I. The lowest BCUT2D eigenvalue weighted by molar-refractivity contribution is 0.481. The number of para-hydroxylation sites is 1. The first-order chi connectivity index (χ1) is 11.1. The summed E-state index contributed by atoms with van der Waals surface area (Å²) in [7, 11) is 0. The van der Waals surface area contributed by atoms with Gasteiger partial charge in [-0.1, -0.05) is 32.0 Å². The van der Waals surface area contributed by atoms with Crippen LogP contribution in [0.1, 0.15) is 33.3 Å². The van der Waals surface area contributed by atoms with Gasteiger partial charge in [0.25, 0.3) is 0 Å². The van der Waals surface area contributed by atoms with E-state index >= 15 is 0 Å². The molecular formula is C18H28IN5. The smallest absolute Gasteiger partial charge is 0.191 e. The molecule has 2 aromatic rings. The third-order valence-corrected chi connectivity index (χ3v) is 3.89. The number of hydrogen-bond acceptors (Lipinski definition) is 2. The van der Waals surface area contributed by atoms with Crippen LogP contribution in [0.5, 0.6) is 0 Å². The average Bonchev–Trinajstić information content (AvgIpc) is 3.07. The van der Waals surface area contributed by atoms with E-state index in [-0.39, 0.29) is 24.0 Å². The summed E-state index contributed by atoms with van der Waals surface area (Å²) >= 11 is 0. The second kappa shape index (κ2) is 10.3. The molecule has 24 heavy (non-hydrogen) atoms. The van der Waals surface area contributed by atoms with Gasteiger partial charge in [-0.25, -0.2) is 9.98 Å². The van der Waals surface area contributed by atoms with Gasteiger partial charge in [-0.3, -0.25) is 0 Å². The number of rotatable bonds is 6. The molecule has 1 unspecified atom stereocenters. The molecule has 1 atom stereocenters. The van der Waals surface area contributed by atoms with Gasteiger partial charge < -0.3 is 15.2 Å². The van der Waals surface area contributed by atoms with E-state index in [1.807, 2.05) is 29.2 Å². The molecule has 6 heteroatoms. The Balaban J connectivity index is 0.00000288. The summed E-state index contributed by atoms with van der Waals surface area (Å²) in [6.07, 6.45) is 5.55. The Kier molecular flexibility index (Phi) is 8.81. The minimum absolute atomic E-state index is 0. The predicted octanol–water partition coefficient (Wildman–Crippen LogP) is 3.59. The van der Waals surface area contributed by atoms with Crippen molar-refractivity contribution in [2.45, 2.75) is 40.3 Å². The summed E-state index contributed by atoms with van der Waals surface area (Å²) in [5.74, 6) is 1.41. The molecule has 0 aliphatic carbocycles. The maximum Gasteiger partial charge on any atom is 0.191 e. The van der Waals surface area contributed by atoms with Crippen molar-refractivity contribution in [3.8, 4) is 5.69 Å². The molecule has 1 heterocycles. The third kappa shape index (κ3) is 5.81. The van der Waals surface area contributed by atoms with E-state index in [4.69, 9.17) is 4.99 Å². The maximum atomic E-state index is 4.74. The van der Waals surface area contributed by atoms with Crippen molar-refractivity contribution >= 4 is 29.9 Å². The third-order valence-electron chi connectivity index (χ3n) is 3.89. The van der Waals surface area contributed by atoms with Gasteiger partial charge in [0.05, 0.1) is 18.6 Å². The zero-order chi connectivity index (χ0) is 16.7. The Bertz CT molecular complexity index is 622. The standard InChI is InChI=1S/C18H27N5.HI/c1-5-20-18(22-15(4)14(2)3)21-12-16-8-6-7-9-17(16)23-11-10-19-13-23;/h6-11,13-15H,5,12H2,1-4H3,(H2,20,21,22);1H. The van der Waals surface area contributed by atoms with Crippen LogP contribution in [0.4, 0.5) is 0 Å². The lowest BCUT2D eigenvalue weighted by Crippen LogP contribution is -2.44. The van der Waals surface area contributed by atoms with E-state index in [1.165, 1.54) is 5.56 Å². The summed E-state index contributed by atoms with van der Waals surface area (Å²) in [6, 6.07) is 8.64. The Labute approximate surface area is 162 Å². The van der Waals surface area contributed by atoms with Crippen LogP contribution in [0.15, 0.2) is 48.0 Å². The molecule has 0 spiro atoms. The number of hydrogen-bond donors (Lipinski definition) is 2. The second-order valence-electron chi connectivity index (χ2n) is 5.97. The first-order valence-corrected chi connectivity index (χ1v) is 8.23. The summed E-state index contributed by atoms with van der Waals surface area (Å²) in [4.78, 5) is 8.86. The fraction of sp³-hybridized carbons (Fsp3) is 0.444. The van der Waals surface area contributed by atoms with Gasteiger partial charge in [0.15, 0.2) is 5.96 Å². The van der Waals surface area contributed by atoms with Crippen molar-refractivity contribution in [1.29, 1.82) is 0 Å². The topological polar surface area (TPSA) is 54.2 Å². The van der Waals surface area contributed by atoms with Gasteiger partial charge in [0.2, 0.25) is 0 Å². The fourth-order valence-corrected chi connectivity index (χ4v) is 2.16. The highest BCUT2D eigenvalue weighted by molar-refractivity contribution is 14.0. The van der Waals surface area contributed by atoms with Crippen molar-refractivity contribution in [2.75, 3.05) is 6.54 Å². The summed E-state index contributed by atoms with van der Waals surface area (Å²) in [5.41, 5.74) is 2.28. The molecule has 0 radical (unpaired) electrons. The predicted molar refractivity (Wildman–Crippen MR) is 111 cm³/mol. The van der Waals surface area contributed by atoms with Crippen molar-refractivity contribution < 1.29 is 0 Å². The Morgan fingerprint density at radius 3 is 2.62 bits per heavy atom. The van der Waals surface area contributed by atoms with Crippen molar-refractivity contribution in [3.63, 3.8) is 0 Å². The lowest BCUT2D eigenvalue weighted by Gasteiger charge is -2.20. The quantitative estimate of drug-likeness (QED) is 0.409. The number of benzene rings is 1. The highest BCUT2D eigenvalue weighted by atomic mass is 127. The molecule has 1 aromatic heterocycles. The number of imidazole rings is 1. The van der Waals surface area contributed by atoms with E-state index < -0.39 is 0 Å². The molecule has 0 bridgehead atoms. The molecule has 0 saturated carbocycles. The average molecular weight is 441 g/mol. The molecule has 0 fully saturated rings. The molecule has 0 amide bonds. The van der Waals surface area contributed by atoms with Crippen LogP contribution < -0.4 is 10.6 Å². The largest absolute Gasteiger partial charge is 0.357 e. The first kappa shape index (κ1) is 20.5. The summed E-state index contributed by atoms with van der Waals surface area (Å²) in [6.45, 7) is 10.1. The van der Waals surface area contributed by atoms with E-state index in [9.17, 15) is 0 Å². The highest BCUT2D eigenvalue weighted by Gasteiger charge is 2.09. The number of nitrogens with zero attached hydrogens (tertiary/aromatic N) is 3. The molecule has 2 rings (SSSR count). The van der Waals surface area contributed by atoms with E-state index in [2.05, 4.69) is 55.4 Å². The van der Waals surface area contributed by atoms with Gasteiger partial charge in [-0.2, -0.15) is 0 Å². The Morgan fingerprint density at radius 2 is 2.00 bits per heavy atom. The zero-order valence-corrected chi connectivity index (χ0v) is 17.2. The fourth-order valence-electron chi connectivity index (χ4n) is 2.16.